The Morgan fingerprint density at radius 2 is 1.85 bits per heavy atom. The van der Waals surface area contributed by atoms with E-state index in [-0.39, 0.29) is 29.7 Å². The normalized spacial score (nSPS) is 23.6. The van der Waals surface area contributed by atoms with E-state index in [0.717, 1.165) is 38.0 Å². The largest absolute Gasteiger partial charge is 0.353 e. The molecule has 1 aromatic carbocycles. The van der Waals surface area contributed by atoms with Gasteiger partial charge < -0.3 is 15.5 Å². The number of carbonyl (C=O) groups excluding carboxylic acids is 3. The second-order valence-electron chi connectivity index (χ2n) is 7.29. The molecule has 3 aliphatic rings. The Bertz CT molecular complexity index is 714. The van der Waals surface area contributed by atoms with Crippen molar-refractivity contribution in [1.82, 2.24) is 15.1 Å². The lowest BCUT2D eigenvalue weighted by molar-refractivity contribution is -0.131. The van der Waals surface area contributed by atoms with Crippen molar-refractivity contribution in [2.45, 2.75) is 25.3 Å². The third-order valence-electron chi connectivity index (χ3n) is 5.65. The van der Waals surface area contributed by atoms with Gasteiger partial charge in [-0.2, -0.15) is 0 Å². The van der Waals surface area contributed by atoms with Crippen molar-refractivity contribution in [2.75, 3.05) is 38.0 Å². The first-order valence-corrected chi connectivity index (χ1v) is 9.34. The zero-order chi connectivity index (χ0) is 18.1. The average Bonchev–Trinajstić information content (AvgIpc) is 2.60. The molecule has 138 valence electrons. The quantitative estimate of drug-likeness (QED) is 0.835. The van der Waals surface area contributed by atoms with Crippen molar-refractivity contribution < 1.29 is 14.4 Å². The number of benzene rings is 1. The van der Waals surface area contributed by atoms with Gasteiger partial charge in [-0.3, -0.25) is 19.3 Å². The fourth-order valence-corrected chi connectivity index (χ4v) is 3.76. The van der Waals surface area contributed by atoms with Gasteiger partial charge in [0.05, 0.1) is 0 Å². The molecule has 1 saturated carbocycles. The molecule has 2 saturated heterocycles. The molecule has 3 amide bonds. The van der Waals surface area contributed by atoms with Crippen LogP contribution in [-0.2, 0) is 9.59 Å². The standard InChI is InChI=1S/C19H24N4O3/c24-17(13-2-1-3-13)21-15-6-4-14(5-7-15)19(26)23-11-10-22-9-8-20-18(25)16(22)12-23/h4-7,13,16H,1-3,8-12H2,(H,20,25)(H,21,24). The van der Waals surface area contributed by atoms with Crippen LogP contribution in [0.15, 0.2) is 24.3 Å². The number of nitrogens with one attached hydrogen (secondary N) is 2. The number of anilines is 1. The Hall–Kier alpha value is -2.41. The van der Waals surface area contributed by atoms with Gasteiger partial charge in [0.25, 0.3) is 5.91 Å². The molecule has 3 fully saturated rings. The third-order valence-corrected chi connectivity index (χ3v) is 5.65. The number of hydrogen-bond acceptors (Lipinski definition) is 4. The molecule has 7 nitrogen and oxygen atoms in total. The van der Waals surface area contributed by atoms with Crippen molar-refractivity contribution in [1.29, 1.82) is 0 Å². The molecule has 26 heavy (non-hydrogen) atoms. The minimum Gasteiger partial charge on any atom is -0.353 e. The minimum absolute atomic E-state index is 0.00260. The van der Waals surface area contributed by atoms with Crippen LogP contribution < -0.4 is 10.6 Å². The van der Waals surface area contributed by atoms with E-state index in [0.29, 0.717) is 25.2 Å². The van der Waals surface area contributed by atoms with Crippen LogP contribution in [0.25, 0.3) is 0 Å². The number of fused-ring (bicyclic) bond motifs is 1. The van der Waals surface area contributed by atoms with Gasteiger partial charge in [0.15, 0.2) is 0 Å². The summed E-state index contributed by atoms with van der Waals surface area (Å²) in [6.45, 7) is 3.29. The Morgan fingerprint density at radius 3 is 2.54 bits per heavy atom. The van der Waals surface area contributed by atoms with E-state index in [1.165, 1.54) is 0 Å². The highest BCUT2D eigenvalue weighted by atomic mass is 16.2. The topological polar surface area (TPSA) is 81.8 Å². The number of rotatable bonds is 3. The average molecular weight is 356 g/mol. The molecule has 0 spiro atoms. The minimum atomic E-state index is -0.248. The van der Waals surface area contributed by atoms with Crippen molar-refractivity contribution >= 4 is 23.4 Å². The van der Waals surface area contributed by atoms with Crippen molar-refractivity contribution in [3.63, 3.8) is 0 Å². The van der Waals surface area contributed by atoms with Gasteiger partial charge in [0.1, 0.15) is 6.04 Å². The molecule has 2 heterocycles. The Kier molecular flexibility index (Phi) is 4.63. The molecule has 1 unspecified atom stereocenters. The van der Waals surface area contributed by atoms with Crippen LogP contribution in [-0.4, -0.2) is 66.3 Å². The lowest BCUT2D eigenvalue weighted by atomic mass is 9.85. The Labute approximate surface area is 152 Å². The molecule has 1 aliphatic carbocycles. The first-order valence-electron chi connectivity index (χ1n) is 9.34. The molecule has 2 N–H and O–H groups in total. The summed E-state index contributed by atoms with van der Waals surface area (Å²) in [4.78, 5) is 40.7. The van der Waals surface area contributed by atoms with Crippen molar-refractivity contribution in [3.8, 4) is 0 Å². The maximum absolute atomic E-state index is 12.8. The van der Waals surface area contributed by atoms with Gasteiger partial charge in [-0.15, -0.1) is 0 Å². The highest BCUT2D eigenvalue weighted by Crippen LogP contribution is 2.27. The van der Waals surface area contributed by atoms with Gasteiger partial charge >= 0.3 is 0 Å². The van der Waals surface area contributed by atoms with Crippen LogP contribution in [0.1, 0.15) is 29.6 Å². The number of amides is 3. The van der Waals surface area contributed by atoms with E-state index in [9.17, 15) is 14.4 Å². The fourth-order valence-electron chi connectivity index (χ4n) is 3.76. The summed E-state index contributed by atoms with van der Waals surface area (Å²) >= 11 is 0. The highest BCUT2D eigenvalue weighted by molar-refractivity contribution is 5.97. The second kappa shape index (κ2) is 7.07. The van der Waals surface area contributed by atoms with E-state index < -0.39 is 0 Å². The maximum Gasteiger partial charge on any atom is 0.253 e. The summed E-state index contributed by atoms with van der Waals surface area (Å²) in [7, 11) is 0. The molecular weight excluding hydrogens is 332 g/mol. The van der Waals surface area contributed by atoms with Crippen LogP contribution in [0.4, 0.5) is 5.69 Å². The number of nitrogens with zero attached hydrogens (tertiary/aromatic N) is 2. The summed E-state index contributed by atoms with van der Waals surface area (Å²) in [5.74, 6) is 0.131. The van der Waals surface area contributed by atoms with Crippen LogP contribution in [0, 0.1) is 5.92 Å². The van der Waals surface area contributed by atoms with Gasteiger partial charge in [0, 0.05) is 49.9 Å². The zero-order valence-corrected chi connectivity index (χ0v) is 14.7. The Balaban J connectivity index is 1.38. The van der Waals surface area contributed by atoms with E-state index in [1.54, 1.807) is 29.2 Å². The summed E-state index contributed by atoms with van der Waals surface area (Å²) in [5.41, 5.74) is 1.30. The molecule has 0 radical (unpaired) electrons. The van der Waals surface area contributed by atoms with E-state index in [4.69, 9.17) is 0 Å². The Morgan fingerprint density at radius 1 is 1.08 bits per heavy atom. The fraction of sp³-hybridized carbons (Fsp3) is 0.526. The van der Waals surface area contributed by atoms with E-state index in [2.05, 4.69) is 15.5 Å². The van der Waals surface area contributed by atoms with Crippen LogP contribution in [0.5, 0.6) is 0 Å². The number of carbonyl (C=O) groups is 3. The molecule has 2 aliphatic heterocycles. The first-order chi connectivity index (χ1) is 12.6. The maximum atomic E-state index is 12.8. The lowest BCUT2D eigenvalue weighted by Crippen LogP contribution is -2.64. The molecule has 1 aromatic rings. The van der Waals surface area contributed by atoms with Gasteiger partial charge in [-0.05, 0) is 37.1 Å². The summed E-state index contributed by atoms with van der Waals surface area (Å²) in [6, 6.07) is 6.78. The molecule has 7 heteroatoms. The third kappa shape index (κ3) is 3.31. The summed E-state index contributed by atoms with van der Waals surface area (Å²) in [5, 5.41) is 5.78. The monoisotopic (exact) mass is 356 g/mol. The smallest absolute Gasteiger partial charge is 0.253 e. The predicted octanol–water partition coefficient (Wildman–Crippen LogP) is 0.681. The van der Waals surface area contributed by atoms with E-state index >= 15 is 0 Å². The van der Waals surface area contributed by atoms with Gasteiger partial charge in [-0.1, -0.05) is 6.42 Å². The van der Waals surface area contributed by atoms with Crippen LogP contribution in [0.3, 0.4) is 0 Å². The zero-order valence-electron chi connectivity index (χ0n) is 14.7. The molecule has 4 rings (SSSR count). The highest BCUT2D eigenvalue weighted by Gasteiger charge is 2.36. The molecule has 1 atom stereocenters. The summed E-state index contributed by atoms with van der Waals surface area (Å²) < 4.78 is 0. The SMILES string of the molecule is O=C(Nc1ccc(C(=O)N2CCN3CCNC(=O)C3C2)cc1)C1CCC1. The molecule has 0 aromatic heterocycles. The summed E-state index contributed by atoms with van der Waals surface area (Å²) in [6.07, 6.45) is 3.05. The van der Waals surface area contributed by atoms with E-state index in [1.807, 2.05) is 0 Å². The van der Waals surface area contributed by atoms with Gasteiger partial charge in [0.2, 0.25) is 11.8 Å². The molecular formula is C19H24N4O3. The van der Waals surface area contributed by atoms with Crippen LogP contribution in [0.2, 0.25) is 0 Å². The van der Waals surface area contributed by atoms with Gasteiger partial charge in [-0.25, -0.2) is 0 Å². The predicted molar refractivity (Wildman–Crippen MR) is 96.7 cm³/mol. The van der Waals surface area contributed by atoms with Crippen LogP contribution >= 0.6 is 0 Å². The number of piperazine rings is 2. The lowest BCUT2D eigenvalue weighted by Gasteiger charge is -2.43. The number of hydrogen-bond donors (Lipinski definition) is 2. The second-order valence-corrected chi connectivity index (χ2v) is 7.29. The molecule has 0 bridgehead atoms. The van der Waals surface area contributed by atoms with Crippen molar-refractivity contribution in [3.05, 3.63) is 29.8 Å². The first kappa shape index (κ1) is 17.0. The van der Waals surface area contributed by atoms with Crippen molar-refractivity contribution in [2.24, 2.45) is 5.92 Å².